The molecule has 1 amide bonds. The van der Waals surface area contributed by atoms with Gasteiger partial charge in [0.05, 0.1) is 42.2 Å². The maximum atomic E-state index is 11.4. The zero-order valence-electron chi connectivity index (χ0n) is 14.7. The van der Waals surface area contributed by atoms with Crippen molar-refractivity contribution >= 4 is 39.3 Å². The number of carbonyl (C=O) groups is 1. The molecule has 1 heterocycles. The van der Waals surface area contributed by atoms with Gasteiger partial charge in [-0.15, -0.1) is 0 Å². The van der Waals surface area contributed by atoms with Gasteiger partial charge in [0.15, 0.2) is 0 Å². The van der Waals surface area contributed by atoms with Gasteiger partial charge in [-0.05, 0) is 17.7 Å². The summed E-state index contributed by atoms with van der Waals surface area (Å²) in [5, 5.41) is 10.1. The highest BCUT2D eigenvalue weighted by Gasteiger charge is 2.31. The minimum absolute atomic E-state index is 0.143. The lowest BCUT2D eigenvalue weighted by Crippen LogP contribution is -2.36. The number of hydrogen-bond acceptors (Lipinski definition) is 5. The van der Waals surface area contributed by atoms with Crippen LogP contribution >= 0.6 is 23.2 Å². The van der Waals surface area contributed by atoms with Crippen molar-refractivity contribution in [1.29, 1.82) is 0 Å². The molecule has 1 aromatic rings. The minimum Gasteiger partial charge on any atom is -0.465 e. The number of sulfonamides is 1. The van der Waals surface area contributed by atoms with E-state index in [0.29, 0.717) is 10.0 Å². The maximum absolute atomic E-state index is 11.4. The molecule has 1 aliphatic rings. The van der Waals surface area contributed by atoms with Crippen molar-refractivity contribution in [2.75, 3.05) is 45.7 Å². The molecular formula is C16H22Cl2N2O6S. The Bertz CT molecular complexity index is 761. The van der Waals surface area contributed by atoms with E-state index in [2.05, 4.69) is 4.72 Å². The molecule has 0 spiro atoms. The van der Waals surface area contributed by atoms with E-state index in [1.807, 2.05) is 0 Å². The Labute approximate surface area is 168 Å². The van der Waals surface area contributed by atoms with Gasteiger partial charge in [-0.3, -0.25) is 0 Å². The number of rotatable bonds is 7. The van der Waals surface area contributed by atoms with E-state index in [1.165, 1.54) is 4.90 Å². The Hall–Kier alpha value is -1.10. The van der Waals surface area contributed by atoms with E-state index in [-0.39, 0.29) is 45.4 Å². The zero-order valence-corrected chi connectivity index (χ0v) is 17.1. The topological polar surface area (TPSA) is 105 Å². The Morgan fingerprint density at radius 1 is 1.41 bits per heavy atom. The Morgan fingerprint density at radius 3 is 2.78 bits per heavy atom. The smallest absolute Gasteiger partial charge is 0.407 e. The van der Waals surface area contributed by atoms with Crippen LogP contribution in [0.1, 0.15) is 11.5 Å². The van der Waals surface area contributed by atoms with E-state index in [4.69, 9.17) is 32.7 Å². The Balaban J connectivity index is 2.08. The van der Waals surface area contributed by atoms with Gasteiger partial charge >= 0.3 is 6.09 Å². The summed E-state index contributed by atoms with van der Waals surface area (Å²) in [4.78, 5) is 12.7. The fraction of sp³-hybridized carbons (Fsp3) is 0.562. The van der Waals surface area contributed by atoms with Crippen molar-refractivity contribution in [3.8, 4) is 0 Å². The molecule has 2 rings (SSSR count). The average molecular weight is 441 g/mol. The second-order valence-corrected chi connectivity index (χ2v) is 8.81. The van der Waals surface area contributed by atoms with Gasteiger partial charge in [0.25, 0.3) is 0 Å². The number of nitrogens with zero attached hydrogens (tertiary/aromatic N) is 1. The quantitative estimate of drug-likeness (QED) is 0.628. The maximum Gasteiger partial charge on any atom is 0.407 e. The highest BCUT2D eigenvalue weighted by Crippen LogP contribution is 2.31. The molecule has 27 heavy (non-hydrogen) atoms. The van der Waals surface area contributed by atoms with E-state index in [0.717, 1.165) is 11.8 Å². The number of carboxylic acid groups (broad SMARTS) is 1. The summed E-state index contributed by atoms with van der Waals surface area (Å²) in [5.41, 5.74) is 0.792. The molecule has 2 N–H and O–H groups in total. The second kappa shape index (κ2) is 9.90. The van der Waals surface area contributed by atoms with E-state index in [9.17, 15) is 18.3 Å². The molecule has 0 aromatic heterocycles. The predicted octanol–water partition coefficient (Wildman–Crippen LogP) is 2.02. The van der Waals surface area contributed by atoms with Gasteiger partial charge in [-0.2, -0.15) is 0 Å². The van der Waals surface area contributed by atoms with Crippen molar-refractivity contribution < 1.29 is 27.8 Å². The highest BCUT2D eigenvalue weighted by atomic mass is 35.5. The van der Waals surface area contributed by atoms with Crippen molar-refractivity contribution in [1.82, 2.24) is 9.62 Å². The molecule has 152 valence electrons. The van der Waals surface area contributed by atoms with Crippen LogP contribution in [0.5, 0.6) is 0 Å². The van der Waals surface area contributed by atoms with Crippen LogP contribution in [0.3, 0.4) is 0 Å². The monoisotopic (exact) mass is 440 g/mol. The fourth-order valence-electron chi connectivity index (χ4n) is 2.78. The molecule has 1 saturated heterocycles. The van der Waals surface area contributed by atoms with E-state index < -0.39 is 22.2 Å². The lowest BCUT2D eigenvalue weighted by atomic mass is 9.93. The average Bonchev–Trinajstić information content (AvgIpc) is 2.79. The molecule has 0 aliphatic carbocycles. The summed E-state index contributed by atoms with van der Waals surface area (Å²) in [5.74, 6) is -0.304. The second-order valence-electron chi connectivity index (χ2n) is 6.16. The number of benzene rings is 1. The molecule has 0 unspecified atom stereocenters. The van der Waals surface area contributed by atoms with Gasteiger partial charge in [-0.1, -0.05) is 29.3 Å². The summed E-state index contributed by atoms with van der Waals surface area (Å²) >= 11 is 12.1. The lowest BCUT2D eigenvalue weighted by Gasteiger charge is -2.27. The SMILES string of the molecule is CS(=O)(=O)NCCOC[C@@H]1OCCN(C(=O)O)C[C@H]1c1ccc(Cl)c(Cl)c1. The van der Waals surface area contributed by atoms with Crippen molar-refractivity contribution in [2.45, 2.75) is 12.0 Å². The largest absolute Gasteiger partial charge is 0.465 e. The summed E-state index contributed by atoms with van der Waals surface area (Å²) < 4.78 is 35.8. The van der Waals surface area contributed by atoms with Gasteiger partial charge in [0, 0.05) is 25.6 Å². The number of nitrogens with one attached hydrogen (secondary N) is 1. The van der Waals surface area contributed by atoms with Crippen LogP contribution in [0.25, 0.3) is 0 Å². The molecule has 1 aliphatic heterocycles. The molecule has 0 bridgehead atoms. The first-order chi connectivity index (χ1) is 12.7. The third kappa shape index (κ3) is 7.10. The number of halogens is 2. The summed E-state index contributed by atoms with van der Waals surface area (Å²) in [6.45, 7) is 1.21. The van der Waals surface area contributed by atoms with Gasteiger partial charge in [-0.25, -0.2) is 17.9 Å². The van der Waals surface area contributed by atoms with Crippen LogP contribution in [0.15, 0.2) is 18.2 Å². The molecule has 1 fully saturated rings. The summed E-state index contributed by atoms with van der Waals surface area (Å²) in [7, 11) is -3.28. The third-order valence-corrected chi connectivity index (χ3v) is 5.56. The zero-order chi connectivity index (χ0) is 20.0. The first kappa shape index (κ1) is 22.2. The van der Waals surface area contributed by atoms with Crippen LogP contribution in [-0.2, 0) is 19.5 Å². The number of hydrogen-bond donors (Lipinski definition) is 2. The third-order valence-electron chi connectivity index (χ3n) is 4.09. The van der Waals surface area contributed by atoms with E-state index >= 15 is 0 Å². The molecule has 2 atom stereocenters. The van der Waals surface area contributed by atoms with Gasteiger partial charge < -0.3 is 19.5 Å². The fourth-order valence-corrected chi connectivity index (χ4v) is 3.54. The van der Waals surface area contributed by atoms with Crippen molar-refractivity contribution in [3.63, 3.8) is 0 Å². The van der Waals surface area contributed by atoms with Crippen molar-refractivity contribution in [2.24, 2.45) is 0 Å². The first-order valence-corrected chi connectivity index (χ1v) is 10.9. The van der Waals surface area contributed by atoms with E-state index in [1.54, 1.807) is 18.2 Å². The standard InChI is InChI=1S/C16H22Cl2N2O6S/c1-27(23,24)19-4-6-25-10-15-12(9-20(16(21)22)5-7-26-15)11-2-3-13(17)14(18)8-11/h2-3,8,12,15,19H,4-7,9-10H2,1H3,(H,21,22)/t12-,15-/m0/s1. The predicted molar refractivity (Wildman–Crippen MR) is 102 cm³/mol. The highest BCUT2D eigenvalue weighted by molar-refractivity contribution is 7.88. The first-order valence-electron chi connectivity index (χ1n) is 8.24. The van der Waals surface area contributed by atoms with Crippen LogP contribution < -0.4 is 4.72 Å². The summed E-state index contributed by atoms with van der Waals surface area (Å²) in [6, 6.07) is 5.14. The lowest BCUT2D eigenvalue weighted by molar-refractivity contribution is -0.0178. The molecule has 11 heteroatoms. The molecule has 0 saturated carbocycles. The van der Waals surface area contributed by atoms with Gasteiger partial charge in [0.2, 0.25) is 10.0 Å². The van der Waals surface area contributed by atoms with Crippen LogP contribution in [0.2, 0.25) is 10.0 Å². The molecular weight excluding hydrogens is 419 g/mol. The number of amides is 1. The Kier molecular flexibility index (Phi) is 8.14. The molecule has 8 nitrogen and oxygen atoms in total. The van der Waals surface area contributed by atoms with Crippen LogP contribution in [0.4, 0.5) is 4.79 Å². The Morgan fingerprint density at radius 2 is 2.15 bits per heavy atom. The molecule has 1 aromatic carbocycles. The molecule has 0 radical (unpaired) electrons. The number of ether oxygens (including phenoxy) is 2. The van der Waals surface area contributed by atoms with Crippen molar-refractivity contribution in [3.05, 3.63) is 33.8 Å². The van der Waals surface area contributed by atoms with Crippen LogP contribution in [0, 0.1) is 0 Å². The normalized spacial score (nSPS) is 21.1. The van der Waals surface area contributed by atoms with Gasteiger partial charge in [0.1, 0.15) is 0 Å². The van der Waals surface area contributed by atoms with Crippen LogP contribution in [-0.4, -0.2) is 76.3 Å². The minimum atomic E-state index is -3.28. The summed E-state index contributed by atoms with van der Waals surface area (Å²) in [6.07, 6.45) is -0.366.